The second kappa shape index (κ2) is 25.5. The molecule has 0 fully saturated rings. The van der Waals surface area contributed by atoms with Crippen molar-refractivity contribution < 1.29 is 12.3 Å². The predicted octanol–water partition coefficient (Wildman–Crippen LogP) is 28.0. The molecule has 530 valence electrons. The maximum Gasteiger partial charge on any atom is 0.252 e. The van der Waals surface area contributed by atoms with E-state index in [1.54, 1.807) is 0 Å². The molecular weight excluding hydrogens is 1400 g/mol. The van der Waals surface area contributed by atoms with Gasteiger partial charge in [0, 0.05) is 113 Å². The first-order valence-electron chi connectivity index (χ1n) is 42.9. The summed E-state index contributed by atoms with van der Waals surface area (Å²) in [6.45, 7) is 6.19. The molecule has 2 aliphatic rings. The molecule has 4 aromatic heterocycles. The molecule has 4 nitrogen and oxygen atoms in total. The molecular formula is C106H71BN4S2. The van der Waals surface area contributed by atoms with E-state index in [0.29, 0.717) is 15.6 Å². The van der Waals surface area contributed by atoms with Crippen LogP contribution < -0.4 is 26.2 Å². The smallest absolute Gasteiger partial charge is 0.252 e. The van der Waals surface area contributed by atoms with E-state index in [4.69, 9.17) is 4.11 Å². The second-order valence-corrected chi connectivity index (χ2v) is 32.8. The SMILES string of the molecule is [2H]c1c([2H])c([2H])c(-c2ccc3c(c2)N(c2ccc(-c4ccccc4)cc2)c2cc(-c4c(-c5cccc6c5sc5c([2H])c([2H])c([2H])c([2H])c56)cccc4-n4c5ccccc5c5ccccc54)cc4c2B3c2cc(-c3c(-c5cccc6sc7ccccc7c56)cccc3-n3c5ccccc5c5ccccc53)ccc2N4c2ccc(C(C)(C)C)cc2)c([2H])c1[2H]. The Morgan fingerprint density at radius 1 is 0.292 bits per heavy atom. The van der Waals surface area contributed by atoms with Gasteiger partial charge in [0.2, 0.25) is 0 Å². The number of para-hydroxylation sites is 4. The molecule has 0 N–H and O–H groups in total. The Kier molecular flexibility index (Phi) is 12.8. The van der Waals surface area contributed by atoms with Gasteiger partial charge in [0.05, 0.1) is 45.8 Å². The van der Waals surface area contributed by atoms with Crippen molar-refractivity contribution in [3.05, 3.63) is 381 Å². The van der Waals surface area contributed by atoms with Crippen molar-refractivity contribution in [2.45, 2.75) is 26.2 Å². The van der Waals surface area contributed by atoms with Crippen molar-refractivity contribution in [2.24, 2.45) is 0 Å². The van der Waals surface area contributed by atoms with Crippen LogP contribution in [0.25, 0.3) is 162 Å². The van der Waals surface area contributed by atoms with Gasteiger partial charge in [0.1, 0.15) is 0 Å². The lowest BCUT2D eigenvalue weighted by atomic mass is 9.33. The van der Waals surface area contributed by atoms with Crippen LogP contribution in [0.4, 0.5) is 34.1 Å². The third-order valence-electron chi connectivity index (χ3n) is 23.5. The zero-order valence-corrected chi connectivity index (χ0v) is 63.4. The van der Waals surface area contributed by atoms with E-state index in [9.17, 15) is 8.22 Å². The minimum absolute atomic E-state index is 0.0804. The number of nitrogens with zero attached hydrogens (tertiary/aromatic N) is 4. The summed E-state index contributed by atoms with van der Waals surface area (Å²) in [5, 5.41) is 8.04. The van der Waals surface area contributed by atoms with Crippen molar-refractivity contribution in [3.63, 3.8) is 0 Å². The monoisotopic (exact) mass is 1480 g/mol. The van der Waals surface area contributed by atoms with Gasteiger partial charge in [-0.25, -0.2) is 0 Å². The van der Waals surface area contributed by atoms with E-state index in [-0.39, 0.29) is 47.2 Å². The van der Waals surface area contributed by atoms with Gasteiger partial charge in [-0.1, -0.05) is 294 Å². The third kappa shape index (κ3) is 10.1. The van der Waals surface area contributed by atoms with Crippen molar-refractivity contribution in [2.75, 3.05) is 9.80 Å². The highest BCUT2D eigenvalue weighted by molar-refractivity contribution is 7.26. The van der Waals surface area contributed by atoms with Crippen molar-refractivity contribution in [1.29, 1.82) is 0 Å². The molecule has 21 aromatic rings. The van der Waals surface area contributed by atoms with Gasteiger partial charge in [0.15, 0.2) is 0 Å². The second-order valence-electron chi connectivity index (χ2n) is 30.7. The molecule has 0 radical (unpaired) electrons. The van der Waals surface area contributed by atoms with Crippen molar-refractivity contribution >= 4 is 164 Å². The highest BCUT2D eigenvalue weighted by Crippen LogP contribution is 2.54. The Labute approximate surface area is 676 Å². The summed E-state index contributed by atoms with van der Waals surface area (Å²) in [6.07, 6.45) is 0. The van der Waals surface area contributed by atoms with Crippen molar-refractivity contribution in [3.8, 4) is 78.1 Å². The standard InChI is InChI=1S/C106H71BN4S2/c1-106(2,3)72-54-58-74(59-55-72)108-92-61-53-70(101-80(81-38-25-49-100-103(81)85-35-15-21-48-99(85)112-100)36-23-45-93(101)110-88-41-16-10-30-75(88)76-31-11-17-42-89(76)110)62-87(92)107-86-60-52-69(67-28-8-5-9-29-67)63-95(86)109(73-56-50-68(51-57-73)66-26-6-4-7-27-66)97-65-71(64-96(108)104(97)107)102-82(84-40-22-39-83-79-34-14-20-47-98(79)113-105(83)84)37-24-46-94(102)111-90-43-18-12-32-77(90)78-33-13-19-44-91(78)111/h4-65H,1-3H3/i5D,8D,9D,14D,20D,28D,29D,34D,47D. The number of aromatic nitrogens is 2. The van der Waals surface area contributed by atoms with Crippen molar-refractivity contribution in [1.82, 2.24) is 9.13 Å². The minimum atomic E-state index is -0.563. The number of fused-ring (bicyclic) bond motifs is 16. The average molecular weight is 1480 g/mol. The Bertz CT molecular complexity index is 7950. The van der Waals surface area contributed by atoms with Gasteiger partial charge < -0.3 is 18.9 Å². The quantitative estimate of drug-likeness (QED) is 0.127. The number of thiophene rings is 2. The third-order valence-corrected chi connectivity index (χ3v) is 25.8. The fourth-order valence-corrected chi connectivity index (χ4v) is 20.8. The summed E-state index contributed by atoms with van der Waals surface area (Å²) in [5.41, 5.74) is 25.4. The molecule has 2 aliphatic heterocycles. The molecule has 6 heterocycles. The molecule has 0 aliphatic carbocycles. The molecule has 0 atom stereocenters. The first-order chi connectivity index (χ1) is 59.4. The largest absolute Gasteiger partial charge is 0.311 e. The number of anilines is 6. The van der Waals surface area contributed by atoms with Gasteiger partial charge in [-0.2, -0.15) is 0 Å². The average Bonchev–Trinajstić information content (AvgIpc) is 0.984. The van der Waals surface area contributed by atoms with Crippen LogP contribution in [0, 0.1) is 0 Å². The highest BCUT2D eigenvalue weighted by atomic mass is 32.1. The fraction of sp³-hybridized carbons (Fsp3) is 0.0377. The minimum Gasteiger partial charge on any atom is -0.311 e. The Hall–Kier alpha value is -13.6. The van der Waals surface area contributed by atoms with E-state index in [0.717, 1.165) is 171 Å². The van der Waals surface area contributed by atoms with Crippen LogP contribution in [0.5, 0.6) is 0 Å². The van der Waals surface area contributed by atoms with E-state index < -0.39 is 24.8 Å². The molecule has 0 bridgehead atoms. The zero-order valence-electron chi connectivity index (χ0n) is 70.8. The maximum absolute atomic E-state index is 9.72. The molecule has 113 heavy (non-hydrogen) atoms. The lowest BCUT2D eigenvalue weighted by molar-refractivity contribution is 0.590. The zero-order chi connectivity index (χ0) is 82.6. The van der Waals surface area contributed by atoms with Crippen LogP contribution >= 0.6 is 22.7 Å². The van der Waals surface area contributed by atoms with E-state index in [2.05, 4.69) is 337 Å². The predicted molar refractivity (Wildman–Crippen MR) is 486 cm³/mol. The summed E-state index contributed by atoms with van der Waals surface area (Å²) < 4.78 is 92.2. The summed E-state index contributed by atoms with van der Waals surface area (Å²) in [6, 6.07) is 113. The van der Waals surface area contributed by atoms with E-state index in [1.807, 2.05) is 35.6 Å². The molecule has 23 rings (SSSR count). The van der Waals surface area contributed by atoms with Gasteiger partial charge in [-0.05, 0) is 181 Å². The number of hydrogen-bond donors (Lipinski definition) is 0. The molecule has 17 aromatic carbocycles. The lowest BCUT2D eigenvalue weighted by Gasteiger charge is -2.45. The lowest BCUT2D eigenvalue weighted by Crippen LogP contribution is -2.61. The molecule has 0 spiro atoms. The first kappa shape index (κ1) is 56.6. The number of benzene rings is 17. The van der Waals surface area contributed by atoms with E-state index >= 15 is 0 Å². The number of hydrogen-bond acceptors (Lipinski definition) is 4. The fourth-order valence-electron chi connectivity index (χ4n) is 18.5. The number of rotatable bonds is 10. The summed E-state index contributed by atoms with van der Waals surface area (Å²) in [5.74, 6) is 0. The topological polar surface area (TPSA) is 16.3 Å². The Balaban J connectivity index is 0.879. The van der Waals surface area contributed by atoms with Crippen LogP contribution in [0.1, 0.15) is 38.7 Å². The van der Waals surface area contributed by atoms with E-state index in [1.165, 1.54) is 37.1 Å². The van der Waals surface area contributed by atoms with Gasteiger partial charge >= 0.3 is 0 Å². The first-order valence-corrected chi connectivity index (χ1v) is 40.0. The maximum atomic E-state index is 9.72. The van der Waals surface area contributed by atoms with Gasteiger partial charge in [-0.15, -0.1) is 22.7 Å². The summed E-state index contributed by atoms with van der Waals surface area (Å²) >= 11 is 3.20. The van der Waals surface area contributed by atoms with Crippen LogP contribution in [-0.4, -0.2) is 15.8 Å². The Morgan fingerprint density at radius 3 is 1.43 bits per heavy atom. The summed E-state index contributed by atoms with van der Waals surface area (Å²) in [7, 11) is 0. The Morgan fingerprint density at radius 2 is 0.779 bits per heavy atom. The molecule has 0 saturated carbocycles. The normalized spacial score (nSPS) is 13.8. The highest BCUT2D eigenvalue weighted by Gasteiger charge is 2.45. The van der Waals surface area contributed by atoms with Crippen LogP contribution in [-0.2, 0) is 5.41 Å². The summed E-state index contributed by atoms with van der Waals surface area (Å²) in [4.78, 5) is 4.82. The van der Waals surface area contributed by atoms with Crippen LogP contribution in [0.3, 0.4) is 0 Å². The van der Waals surface area contributed by atoms with Gasteiger partial charge in [-0.3, -0.25) is 0 Å². The molecule has 0 amide bonds. The molecule has 7 heteroatoms. The molecule has 0 unspecified atom stereocenters. The molecule has 0 saturated heterocycles. The van der Waals surface area contributed by atoms with Crippen LogP contribution in [0.15, 0.2) is 376 Å². The van der Waals surface area contributed by atoms with Crippen LogP contribution in [0.2, 0.25) is 0 Å². The van der Waals surface area contributed by atoms with Gasteiger partial charge in [0.25, 0.3) is 6.71 Å².